The Balaban J connectivity index is 2.23. The summed E-state index contributed by atoms with van der Waals surface area (Å²) in [6.07, 6.45) is 3.69. The van der Waals surface area contributed by atoms with Crippen molar-refractivity contribution in [2.75, 3.05) is 18.1 Å². The molecule has 1 aliphatic rings. The van der Waals surface area contributed by atoms with Crippen molar-refractivity contribution in [3.8, 4) is 6.07 Å². The molecular weight excluding hydrogens is 212 g/mol. The van der Waals surface area contributed by atoms with Crippen molar-refractivity contribution in [3.05, 3.63) is 29.3 Å². The van der Waals surface area contributed by atoms with Crippen molar-refractivity contribution in [2.24, 2.45) is 0 Å². The fourth-order valence-corrected chi connectivity index (χ4v) is 2.28. The van der Waals surface area contributed by atoms with Gasteiger partial charge in [-0.3, -0.25) is 0 Å². The number of benzene rings is 1. The zero-order valence-corrected chi connectivity index (χ0v) is 10.2. The molecule has 0 unspecified atom stereocenters. The van der Waals surface area contributed by atoms with Crippen LogP contribution in [0.2, 0.25) is 0 Å². The molecule has 0 aromatic heterocycles. The maximum Gasteiger partial charge on any atom is 0.0994 e. The molecule has 3 nitrogen and oxygen atoms in total. The average molecular weight is 230 g/mol. The van der Waals surface area contributed by atoms with E-state index in [4.69, 9.17) is 10.4 Å². The van der Waals surface area contributed by atoms with Crippen LogP contribution in [0.5, 0.6) is 0 Å². The molecular formula is C14H18N2O. The standard InChI is InChI=1S/C14H18N2O/c1-11-9-14(6-5-12(11)10-15)16(7-8-17)13-3-2-4-13/h5-6,9,13,17H,2-4,7-8H2,1H3. The smallest absolute Gasteiger partial charge is 0.0994 e. The van der Waals surface area contributed by atoms with E-state index in [0.29, 0.717) is 12.6 Å². The second-order valence-corrected chi connectivity index (χ2v) is 4.61. The maximum atomic E-state index is 9.14. The molecule has 0 heterocycles. The fourth-order valence-electron chi connectivity index (χ4n) is 2.28. The number of rotatable bonds is 4. The molecule has 3 heteroatoms. The van der Waals surface area contributed by atoms with Gasteiger partial charge in [0.05, 0.1) is 18.2 Å². The van der Waals surface area contributed by atoms with E-state index in [0.717, 1.165) is 16.8 Å². The van der Waals surface area contributed by atoms with E-state index in [2.05, 4.69) is 11.0 Å². The minimum absolute atomic E-state index is 0.176. The van der Waals surface area contributed by atoms with Gasteiger partial charge in [0.25, 0.3) is 0 Å². The monoisotopic (exact) mass is 230 g/mol. The van der Waals surface area contributed by atoms with Crippen LogP contribution < -0.4 is 4.90 Å². The lowest BCUT2D eigenvalue weighted by molar-refractivity contribution is 0.283. The number of hydrogen-bond acceptors (Lipinski definition) is 3. The summed E-state index contributed by atoms with van der Waals surface area (Å²) < 4.78 is 0. The number of aliphatic hydroxyl groups excluding tert-OH is 1. The highest BCUT2D eigenvalue weighted by Crippen LogP contribution is 2.30. The third-order valence-corrected chi connectivity index (χ3v) is 3.52. The van der Waals surface area contributed by atoms with Gasteiger partial charge in [-0.05, 0) is 49.9 Å². The Kier molecular flexibility index (Phi) is 3.65. The van der Waals surface area contributed by atoms with Crippen molar-refractivity contribution in [2.45, 2.75) is 32.2 Å². The van der Waals surface area contributed by atoms with Gasteiger partial charge in [-0.15, -0.1) is 0 Å². The lowest BCUT2D eigenvalue weighted by Gasteiger charge is -2.39. The van der Waals surface area contributed by atoms with E-state index in [9.17, 15) is 0 Å². The minimum atomic E-state index is 0.176. The summed E-state index contributed by atoms with van der Waals surface area (Å²) in [6, 6.07) is 8.65. The predicted octanol–water partition coefficient (Wildman–Crippen LogP) is 2.22. The van der Waals surface area contributed by atoms with Gasteiger partial charge in [0.1, 0.15) is 0 Å². The topological polar surface area (TPSA) is 47.3 Å². The molecule has 0 spiro atoms. The lowest BCUT2D eigenvalue weighted by atomic mass is 9.91. The van der Waals surface area contributed by atoms with E-state index in [1.54, 1.807) is 0 Å². The number of nitrogens with zero attached hydrogens (tertiary/aromatic N) is 2. The van der Waals surface area contributed by atoms with E-state index in [1.165, 1.54) is 19.3 Å². The molecule has 1 N–H and O–H groups in total. The Morgan fingerprint density at radius 2 is 2.24 bits per heavy atom. The summed E-state index contributed by atoms with van der Waals surface area (Å²) in [7, 11) is 0. The molecule has 0 saturated heterocycles. The third kappa shape index (κ3) is 2.42. The molecule has 1 aromatic rings. The molecule has 90 valence electrons. The van der Waals surface area contributed by atoms with E-state index in [-0.39, 0.29) is 6.61 Å². The zero-order valence-electron chi connectivity index (χ0n) is 10.2. The van der Waals surface area contributed by atoms with Crippen LogP contribution >= 0.6 is 0 Å². The molecule has 0 radical (unpaired) electrons. The van der Waals surface area contributed by atoms with Gasteiger partial charge in [0.15, 0.2) is 0 Å². The van der Waals surface area contributed by atoms with E-state index >= 15 is 0 Å². The van der Waals surface area contributed by atoms with E-state index in [1.807, 2.05) is 25.1 Å². The summed E-state index contributed by atoms with van der Waals surface area (Å²) in [5.41, 5.74) is 2.86. The van der Waals surface area contributed by atoms with Crippen LogP contribution in [0.4, 0.5) is 5.69 Å². The molecule has 17 heavy (non-hydrogen) atoms. The van der Waals surface area contributed by atoms with Crippen molar-refractivity contribution < 1.29 is 5.11 Å². The molecule has 1 saturated carbocycles. The second kappa shape index (κ2) is 5.20. The molecule has 0 atom stereocenters. The average Bonchev–Trinajstić information content (AvgIpc) is 2.26. The predicted molar refractivity (Wildman–Crippen MR) is 68.0 cm³/mol. The first kappa shape index (κ1) is 11.9. The van der Waals surface area contributed by atoms with Gasteiger partial charge < -0.3 is 10.0 Å². The summed E-state index contributed by atoms with van der Waals surface area (Å²) in [4.78, 5) is 2.26. The third-order valence-electron chi connectivity index (χ3n) is 3.52. The van der Waals surface area contributed by atoms with Crippen molar-refractivity contribution in [1.29, 1.82) is 5.26 Å². The minimum Gasteiger partial charge on any atom is -0.395 e. The van der Waals surface area contributed by atoms with E-state index < -0.39 is 0 Å². The first-order chi connectivity index (χ1) is 8.26. The SMILES string of the molecule is Cc1cc(N(CCO)C2CCC2)ccc1C#N. The van der Waals surface area contributed by atoms with Gasteiger partial charge in [-0.25, -0.2) is 0 Å². The van der Waals surface area contributed by atoms with Crippen LogP contribution in [0.3, 0.4) is 0 Å². The molecule has 0 aliphatic heterocycles. The Morgan fingerprint density at radius 1 is 1.47 bits per heavy atom. The van der Waals surface area contributed by atoms with Gasteiger partial charge >= 0.3 is 0 Å². The zero-order chi connectivity index (χ0) is 12.3. The fraction of sp³-hybridized carbons (Fsp3) is 0.500. The summed E-state index contributed by atoms with van der Waals surface area (Å²) in [5, 5.41) is 18.1. The number of nitriles is 1. The maximum absolute atomic E-state index is 9.14. The Bertz CT molecular complexity index is 432. The van der Waals surface area contributed by atoms with Crippen LogP contribution in [0.25, 0.3) is 0 Å². The number of aliphatic hydroxyl groups is 1. The highest BCUT2D eigenvalue weighted by atomic mass is 16.3. The summed E-state index contributed by atoms with van der Waals surface area (Å²) in [5.74, 6) is 0. The summed E-state index contributed by atoms with van der Waals surface area (Å²) in [6.45, 7) is 2.81. The van der Waals surface area contributed by atoms with Gasteiger partial charge in [0, 0.05) is 18.3 Å². The van der Waals surface area contributed by atoms with Crippen molar-refractivity contribution in [1.82, 2.24) is 0 Å². The highest BCUT2D eigenvalue weighted by Gasteiger charge is 2.24. The normalized spacial score (nSPS) is 15.1. The van der Waals surface area contributed by atoms with Gasteiger partial charge in [0.2, 0.25) is 0 Å². The van der Waals surface area contributed by atoms with Crippen LogP contribution in [-0.4, -0.2) is 24.3 Å². The highest BCUT2D eigenvalue weighted by molar-refractivity contribution is 5.54. The molecule has 1 fully saturated rings. The van der Waals surface area contributed by atoms with Gasteiger partial charge in [-0.1, -0.05) is 0 Å². The quantitative estimate of drug-likeness (QED) is 0.862. The van der Waals surface area contributed by atoms with Gasteiger partial charge in [-0.2, -0.15) is 5.26 Å². The summed E-state index contributed by atoms with van der Waals surface area (Å²) >= 11 is 0. The molecule has 0 bridgehead atoms. The Labute approximate surface area is 102 Å². The lowest BCUT2D eigenvalue weighted by Crippen LogP contribution is -2.42. The molecule has 1 aliphatic carbocycles. The Hall–Kier alpha value is -1.53. The molecule has 0 amide bonds. The molecule has 1 aromatic carbocycles. The van der Waals surface area contributed by atoms with Crippen LogP contribution in [0, 0.1) is 18.3 Å². The van der Waals surface area contributed by atoms with Crippen molar-refractivity contribution in [3.63, 3.8) is 0 Å². The second-order valence-electron chi connectivity index (χ2n) is 4.61. The van der Waals surface area contributed by atoms with Crippen molar-refractivity contribution >= 4 is 5.69 Å². The number of anilines is 1. The van der Waals surface area contributed by atoms with Crippen LogP contribution in [0.15, 0.2) is 18.2 Å². The first-order valence-electron chi connectivity index (χ1n) is 6.14. The number of hydrogen-bond donors (Lipinski definition) is 1. The largest absolute Gasteiger partial charge is 0.395 e. The van der Waals surface area contributed by atoms with Crippen LogP contribution in [0.1, 0.15) is 30.4 Å². The van der Waals surface area contributed by atoms with Crippen LogP contribution in [-0.2, 0) is 0 Å². The number of aryl methyl sites for hydroxylation is 1. The molecule has 2 rings (SSSR count). The first-order valence-corrected chi connectivity index (χ1v) is 6.14. The Morgan fingerprint density at radius 3 is 2.71 bits per heavy atom.